The van der Waals surface area contributed by atoms with Crippen molar-refractivity contribution in [1.29, 1.82) is 0 Å². The summed E-state index contributed by atoms with van der Waals surface area (Å²) < 4.78 is 0. The molecule has 1 unspecified atom stereocenters. The van der Waals surface area contributed by atoms with Gasteiger partial charge in [-0.05, 0) is 22.4 Å². The topological polar surface area (TPSA) is 20.3 Å². The van der Waals surface area contributed by atoms with Gasteiger partial charge in [-0.2, -0.15) is 0 Å². The van der Waals surface area contributed by atoms with E-state index < -0.39 is 0 Å². The fourth-order valence-corrected chi connectivity index (χ4v) is 2.26. The highest BCUT2D eigenvalue weighted by Gasteiger charge is 2.16. The van der Waals surface area contributed by atoms with E-state index in [0.717, 1.165) is 5.56 Å². The first-order valence-electron chi connectivity index (χ1n) is 6.40. The Hall–Kier alpha value is -1.54. The van der Waals surface area contributed by atoms with Crippen LogP contribution >= 0.6 is 11.6 Å². The van der Waals surface area contributed by atoms with E-state index in [4.69, 9.17) is 11.6 Å². The van der Waals surface area contributed by atoms with E-state index in [0.29, 0.717) is 12.4 Å². The zero-order chi connectivity index (χ0) is 13.8. The molecule has 0 saturated carbocycles. The first-order valence-corrected chi connectivity index (χ1v) is 6.94. The summed E-state index contributed by atoms with van der Waals surface area (Å²) in [6.45, 7) is 2.47. The molecule has 0 N–H and O–H groups in total. The largest absolute Gasteiger partial charge is 0.341 e. The summed E-state index contributed by atoms with van der Waals surface area (Å²) in [5, 5.41) is 2.42. The normalized spacial score (nSPS) is 12.4. The van der Waals surface area contributed by atoms with Crippen LogP contribution in [-0.4, -0.2) is 23.7 Å². The average Bonchev–Trinajstić information content (AvgIpc) is 2.45. The van der Waals surface area contributed by atoms with Crippen molar-refractivity contribution in [2.24, 2.45) is 5.92 Å². The summed E-state index contributed by atoms with van der Waals surface area (Å²) in [6.07, 6.45) is 0. The Bertz CT molecular complexity index is 582. The van der Waals surface area contributed by atoms with Gasteiger partial charge in [-0.3, -0.25) is 4.79 Å². The van der Waals surface area contributed by atoms with Crippen LogP contribution in [0.3, 0.4) is 0 Å². The van der Waals surface area contributed by atoms with Crippen molar-refractivity contribution >= 4 is 28.3 Å². The zero-order valence-corrected chi connectivity index (χ0v) is 12.0. The molecule has 0 spiro atoms. The number of nitrogens with zero attached hydrogens (tertiary/aromatic N) is 1. The molecule has 0 fully saturated rings. The van der Waals surface area contributed by atoms with Gasteiger partial charge in [0.1, 0.15) is 0 Å². The second-order valence-corrected chi connectivity index (χ2v) is 5.24. The van der Waals surface area contributed by atoms with Crippen LogP contribution in [0, 0.1) is 5.92 Å². The van der Waals surface area contributed by atoms with Gasteiger partial charge in [-0.25, -0.2) is 0 Å². The predicted molar refractivity (Wildman–Crippen MR) is 80.3 cm³/mol. The van der Waals surface area contributed by atoms with E-state index in [-0.39, 0.29) is 11.8 Å². The van der Waals surface area contributed by atoms with Crippen molar-refractivity contribution in [2.75, 3.05) is 12.9 Å². The number of carbonyl (C=O) groups excluding carboxylic acids is 1. The molecule has 19 heavy (non-hydrogen) atoms. The second-order valence-electron chi connectivity index (χ2n) is 4.93. The minimum atomic E-state index is -0.132. The Morgan fingerprint density at radius 2 is 1.89 bits per heavy atom. The number of carbonyl (C=O) groups is 1. The first-order chi connectivity index (χ1) is 9.11. The van der Waals surface area contributed by atoms with Gasteiger partial charge in [-0.15, -0.1) is 11.6 Å². The maximum Gasteiger partial charge on any atom is 0.226 e. The van der Waals surface area contributed by atoms with Crippen LogP contribution in [0.5, 0.6) is 0 Å². The highest BCUT2D eigenvalue weighted by Crippen LogP contribution is 2.17. The van der Waals surface area contributed by atoms with Crippen molar-refractivity contribution in [1.82, 2.24) is 4.90 Å². The first kappa shape index (κ1) is 13.9. The lowest BCUT2D eigenvalue weighted by atomic mass is 10.1. The van der Waals surface area contributed by atoms with Crippen molar-refractivity contribution in [3.05, 3.63) is 48.0 Å². The van der Waals surface area contributed by atoms with Crippen molar-refractivity contribution < 1.29 is 4.79 Å². The summed E-state index contributed by atoms with van der Waals surface area (Å²) in [6, 6.07) is 14.5. The monoisotopic (exact) mass is 275 g/mol. The lowest BCUT2D eigenvalue weighted by molar-refractivity contribution is -0.133. The van der Waals surface area contributed by atoms with Crippen molar-refractivity contribution in [3.63, 3.8) is 0 Å². The van der Waals surface area contributed by atoms with Gasteiger partial charge in [0.2, 0.25) is 5.91 Å². The number of fused-ring (bicyclic) bond motifs is 1. The molecule has 2 nitrogen and oxygen atoms in total. The van der Waals surface area contributed by atoms with Crippen LogP contribution in [0.2, 0.25) is 0 Å². The molecule has 0 aromatic heterocycles. The van der Waals surface area contributed by atoms with Crippen molar-refractivity contribution in [2.45, 2.75) is 13.5 Å². The number of amides is 1. The third kappa shape index (κ3) is 3.27. The van der Waals surface area contributed by atoms with Crippen molar-refractivity contribution in [3.8, 4) is 0 Å². The van der Waals surface area contributed by atoms with E-state index in [1.807, 2.05) is 26.1 Å². The van der Waals surface area contributed by atoms with Gasteiger partial charge >= 0.3 is 0 Å². The van der Waals surface area contributed by atoms with Crippen LogP contribution in [0.15, 0.2) is 42.5 Å². The van der Waals surface area contributed by atoms with Crippen LogP contribution in [-0.2, 0) is 11.3 Å². The zero-order valence-electron chi connectivity index (χ0n) is 11.3. The highest BCUT2D eigenvalue weighted by molar-refractivity contribution is 6.19. The Labute approximate surface area is 119 Å². The summed E-state index contributed by atoms with van der Waals surface area (Å²) >= 11 is 5.72. The molecule has 2 aromatic carbocycles. The fourth-order valence-electron chi connectivity index (χ4n) is 2.13. The minimum absolute atomic E-state index is 0.0863. The Morgan fingerprint density at radius 3 is 2.58 bits per heavy atom. The molecule has 0 bridgehead atoms. The van der Waals surface area contributed by atoms with E-state index in [1.165, 1.54) is 10.8 Å². The van der Waals surface area contributed by atoms with Crippen LogP contribution in [0.25, 0.3) is 10.8 Å². The number of rotatable bonds is 4. The number of halogens is 1. The predicted octanol–water partition coefficient (Wildman–Crippen LogP) is 3.67. The highest BCUT2D eigenvalue weighted by atomic mass is 35.5. The fraction of sp³-hybridized carbons (Fsp3) is 0.312. The summed E-state index contributed by atoms with van der Waals surface area (Å²) in [5.74, 6) is 0.316. The number of alkyl halides is 1. The summed E-state index contributed by atoms with van der Waals surface area (Å²) in [4.78, 5) is 13.7. The molecule has 2 aromatic rings. The average molecular weight is 276 g/mol. The Morgan fingerprint density at radius 1 is 1.21 bits per heavy atom. The van der Waals surface area contributed by atoms with E-state index in [9.17, 15) is 4.79 Å². The SMILES string of the molecule is CC(CCl)C(=O)N(C)Cc1ccc2ccccc2c1. The van der Waals surface area contributed by atoms with Gasteiger partial charge in [0.25, 0.3) is 0 Å². The van der Waals surface area contributed by atoms with Gasteiger partial charge in [0.05, 0.1) is 0 Å². The molecule has 0 saturated heterocycles. The molecular weight excluding hydrogens is 258 g/mol. The van der Waals surface area contributed by atoms with Gasteiger partial charge in [-0.1, -0.05) is 43.3 Å². The number of benzene rings is 2. The third-order valence-corrected chi connectivity index (χ3v) is 3.73. The smallest absolute Gasteiger partial charge is 0.226 e. The van der Waals surface area contributed by atoms with Gasteiger partial charge < -0.3 is 4.90 Å². The van der Waals surface area contributed by atoms with Crippen LogP contribution in [0.1, 0.15) is 12.5 Å². The molecule has 100 valence electrons. The Balaban J connectivity index is 2.15. The van der Waals surface area contributed by atoms with Gasteiger partial charge in [0, 0.05) is 25.4 Å². The molecule has 1 amide bonds. The minimum Gasteiger partial charge on any atom is -0.341 e. The maximum atomic E-state index is 12.0. The number of hydrogen-bond acceptors (Lipinski definition) is 1. The Kier molecular flexibility index (Phi) is 4.43. The lowest BCUT2D eigenvalue weighted by Gasteiger charge is -2.20. The summed E-state index contributed by atoms with van der Waals surface area (Å²) in [7, 11) is 1.82. The molecule has 3 heteroatoms. The van der Waals surface area contributed by atoms with Crippen LogP contribution < -0.4 is 0 Å². The molecule has 0 radical (unpaired) electrons. The molecular formula is C16H18ClNO. The van der Waals surface area contributed by atoms with E-state index in [2.05, 4.69) is 30.3 Å². The molecule has 0 aliphatic carbocycles. The van der Waals surface area contributed by atoms with E-state index >= 15 is 0 Å². The molecule has 0 aliphatic rings. The standard InChI is InChI=1S/C16H18ClNO/c1-12(10-17)16(19)18(2)11-13-7-8-14-5-3-4-6-15(14)9-13/h3-9,12H,10-11H2,1-2H3. The number of hydrogen-bond donors (Lipinski definition) is 0. The van der Waals surface area contributed by atoms with Crippen LogP contribution in [0.4, 0.5) is 0 Å². The van der Waals surface area contributed by atoms with E-state index in [1.54, 1.807) is 4.90 Å². The molecule has 0 aliphatic heterocycles. The molecule has 1 atom stereocenters. The van der Waals surface area contributed by atoms with Gasteiger partial charge in [0.15, 0.2) is 0 Å². The third-order valence-electron chi connectivity index (χ3n) is 3.26. The summed E-state index contributed by atoms with van der Waals surface area (Å²) in [5.41, 5.74) is 1.14. The maximum absolute atomic E-state index is 12.0. The molecule has 2 rings (SSSR count). The lowest BCUT2D eigenvalue weighted by Crippen LogP contribution is -2.31. The quantitative estimate of drug-likeness (QED) is 0.780. The molecule has 0 heterocycles. The second kappa shape index (κ2) is 6.07.